The van der Waals surface area contributed by atoms with Crippen molar-refractivity contribution >= 4 is 39.1 Å². The molecule has 10 heteroatoms. The Hall–Kier alpha value is -3.43. The molecule has 1 N–H and O–H groups in total. The minimum absolute atomic E-state index is 0.0461. The van der Waals surface area contributed by atoms with Gasteiger partial charge in [0.2, 0.25) is 21.8 Å². The van der Waals surface area contributed by atoms with Crippen molar-refractivity contribution in [3.05, 3.63) is 100 Å². The fourth-order valence-corrected chi connectivity index (χ4v) is 5.34. The van der Waals surface area contributed by atoms with E-state index in [9.17, 15) is 22.4 Å². The van der Waals surface area contributed by atoms with Gasteiger partial charge in [0, 0.05) is 19.5 Å². The van der Waals surface area contributed by atoms with Crippen LogP contribution in [0.4, 0.5) is 10.1 Å². The lowest BCUT2D eigenvalue weighted by molar-refractivity contribution is -0.140. The van der Waals surface area contributed by atoms with E-state index >= 15 is 0 Å². The maximum atomic E-state index is 14.0. The van der Waals surface area contributed by atoms with Gasteiger partial charge in [-0.3, -0.25) is 13.9 Å². The summed E-state index contributed by atoms with van der Waals surface area (Å²) in [6, 6.07) is 19.5. The maximum absolute atomic E-state index is 14.0. The molecular weight excluding hydrogens is 553 g/mol. The molecule has 0 bridgehead atoms. The molecule has 0 heterocycles. The van der Waals surface area contributed by atoms with Gasteiger partial charge in [0.25, 0.3) is 0 Å². The molecule has 3 aromatic rings. The Bertz CT molecular complexity index is 1420. The lowest BCUT2D eigenvalue weighted by Crippen LogP contribution is -2.53. The minimum Gasteiger partial charge on any atom is -0.354 e. The second-order valence-corrected chi connectivity index (χ2v) is 12.0. The lowest BCUT2D eigenvalue weighted by Gasteiger charge is -2.33. The van der Waals surface area contributed by atoms with Gasteiger partial charge in [0.05, 0.1) is 17.0 Å². The second-order valence-electron chi connectivity index (χ2n) is 9.73. The molecule has 3 aromatic carbocycles. The van der Waals surface area contributed by atoms with Gasteiger partial charge in [0.1, 0.15) is 18.4 Å². The van der Waals surface area contributed by atoms with E-state index in [1.54, 1.807) is 0 Å². The normalized spacial score (nSPS) is 12.0. The standard InChI is InChI=1S/C30H35ClFN3O4S/c1-4-5-16-33-30(37)28(18-23-11-7-6-8-12-23)34(20-24-13-9-10-22(2)17-24)29(36)21-35(40(3,38)39)25-14-15-27(32)26(31)19-25/h6-15,17,19,28H,4-5,16,18,20-21H2,1-3H3,(H,33,37). The lowest BCUT2D eigenvalue weighted by atomic mass is 10.0. The zero-order chi connectivity index (χ0) is 29.3. The Kier molecular flexibility index (Phi) is 11.1. The van der Waals surface area contributed by atoms with Gasteiger partial charge in [-0.2, -0.15) is 0 Å². The van der Waals surface area contributed by atoms with E-state index in [4.69, 9.17) is 11.6 Å². The first-order valence-corrected chi connectivity index (χ1v) is 15.3. The van der Waals surface area contributed by atoms with E-state index in [2.05, 4.69) is 5.32 Å². The fraction of sp³-hybridized carbons (Fsp3) is 0.333. The number of aryl methyl sites for hydroxylation is 1. The number of rotatable bonds is 13. The summed E-state index contributed by atoms with van der Waals surface area (Å²) in [7, 11) is -3.97. The third kappa shape index (κ3) is 8.79. The number of carbonyl (C=O) groups excluding carboxylic acids is 2. The topological polar surface area (TPSA) is 86.8 Å². The number of sulfonamides is 1. The fourth-order valence-electron chi connectivity index (χ4n) is 4.32. The number of carbonyl (C=O) groups is 2. The van der Waals surface area contributed by atoms with Crippen molar-refractivity contribution in [2.45, 2.75) is 45.7 Å². The zero-order valence-electron chi connectivity index (χ0n) is 22.9. The van der Waals surface area contributed by atoms with Crippen LogP contribution in [0.25, 0.3) is 0 Å². The van der Waals surface area contributed by atoms with Crippen molar-refractivity contribution in [1.29, 1.82) is 0 Å². The maximum Gasteiger partial charge on any atom is 0.244 e. The average Bonchev–Trinajstić information content (AvgIpc) is 2.91. The van der Waals surface area contributed by atoms with Crippen molar-refractivity contribution in [2.24, 2.45) is 0 Å². The average molecular weight is 588 g/mol. The molecule has 1 unspecified atom stereocenters. The molecule has 0 aromatic heterocycles. The highest BCUT2D eigenvalue weighted by Gasteiger charge is 2.33. The molecule has 0 aliphatic heterocycles. The van der Waals surface area contributed by atoms with Crippen LogP contribution < -0.4 is 9.62 Å². The SMILES string of the molecule is CCCCNC(=O)C(Cc1ccccc1)N(Cc1cccc(C)c1)C(=O)CN(c1ccc(F)c(Cl)c1)S(C)(=O)=O. The van der Waals surface area contributed by atoms with Crippen LogP contribution in [-0.4, -0.2) is 50.5 Å². The van der Waals surface area contributed by atoms with E-state index in [0.29, 0.717) is 6.54 Å². The quantitative estimate of drug-likeness (QED) is 0.282. The van der Waals surface area contributed by atoms with E-state index < -0.39 is 34.3 Å². The van der Waals surface area contributed by atoms with Crippen molar-refractivity contribution in [3.63, 3.8) is 0 Å². The summed E-state index contributed by atoms with van der Waals surface area (Å²) >= 11 is 5.93. The molecule has 0 spiro atoms. The third-order valence-electron chi connectivity index (χ3n) is 6.41. The smallest absolute Gasteiger partial charge is 0.244 e. The Morgan fingerprint density at radius 3 is 2.33 bits per heavy atom. The van der Waals surface area contributed by atoms with E-state index in [1.807, 2.05) is 68.4 Å². The number of amides is 2. The first-order chi connectivity index (χ1) is 19.0. The molecule has 0 saturated carbocycles. The predicted molar refractivity (Wildman–Crippen MR) is 157 cm³/mol. The van der Waals surface area contributed by atoms with E-state index in [-0.39, 0.29) is 29.6 Å². The van der Waals surface area contributed by atoms with E-state index in [0.717, 1.165) is 52.2 Å². The third-order valence-corrected chi connectivity index (χ3v) is 7.84. The summed E-state index contributed by atoms with van der Waals surface area (Å²) in [5, 5.41) is 2.67. The molecule has 0 aliphatic rings. The number of benzene rings is 3. The van der Waals surface area contributed by atoms with Gasteiger partial charge < -0.3 is 10.2 Å². The number of anilines is 1. The molecule has 40 heavy (non-hydrogen) atoms. The van der Waals surface area contributed by atoms with Crippen molar-refractivity contribution in [1.82, 2.24) is 10.2 Å². The second kappa shape index (κ2) is 14.3. The molecule has 0 saturated heterocycles. The monoisotopic (exact) mass is 587 g/mol. The molecule has 7 nitrogen and oxygen atoms in total. The summed E-state index contributed by atoms with van der Waals surface area (Å²) in [5.74, 6) is -1.62. The van der Waals surface area contributed by atoms with E-state index in [1.165, 1.54) is 11.0 Å². The highest BCUT2D eigenvalue weighted by Crippen LogP contribution is 2.25. The van der Waals surface area contributed by atoms with Gasteiger partial charge in [-0.1, -0.05) is 85.1 Å². The van der Waals surface area contributed by atoms with Gasteiger partial charge in [-0.15, -0.1) is 0 Å². The molecule has 2 amide bonds. The van der Waals surface area contributed by atoms with Crippen LogP contribution in [0.15, 0.2) is 72.8 Å². The van der Waals surface area contributed by atoms with Crippen molar-refractivity contribution in [3.8, 4) is 0 Å². The first-order valence-electron chi connectivity index (χ1n) is 13.1. The first kappa shape index (κ1) is 31.1. The molecule has 1 atom stereocenters. The zero-order valence-corrected chi connectivity index (χ0v) is 24.5. The summed E-state index contributed by atoms with van der Waals surface area (Å²) in [4.78, 5) is 29.0. The van der Waals surface area contributed by atoms with Crippen LogP contribution in [0.2, 0.25) is 5.02 Å². The minimum atomic E-state index is -3.97. The van der Waals surface area contributed by atoms with Crippen LogP contribution in [0.3, 0.4) is 0 Å². The molecule has 3 rings (SSSR count). The number of unbranched alkanes of at least 4 members (excludes halogenated alkanes) is 1. The van der Waals surface area contributed by atoms with Crippen LogP contribution >= 0.6 is 11.6 Å². The number of hydrogen-bond donors (Lipinski definition) is 1. The molecule has 0 radical (unpaired) electrons. The summed E-state index contributed by atoms with van der Waals surface area (Å²) < 4.78 is 40.3. The highest BCUT2D eigenvalue weighted by molar-refractivity contribution is 7.92. The Labute approximate surface area is 241 Å². The Balaban J connectivity index is 2.04. The molecule has 0 aliphatic carbocycles. The molecular formula is C30H35ClFN3O4S. The highest BCUT2D eigenvalue weighted by atomic mass is 35.5. The summed E-state index contributed by atoms with van der Waals surface area (Å²) in [6.07, 6.45) is 2.86. The predicted octanol–water partition coefficient (Wildman–Crippen LogP) is 5.11. The van der Waals surface area contributed by atoms with Crippen LogP contribution in [0.5, 0.6) is 0 Å². The summed E-state index contributed by atoms with van der Waals surface area (Å²) in [5.41, 5.74) is 2.68. The number of halogens is 2. The van der Waals surface area contributed by atoms with Gasteiger partial charge in [-0.05, 0) is 42.7 Å². The molecule has 214 valence electrons. The van der Waals surface area contributed by atoms with Crippen molar-refractivity contribution in [2.75, 3.05) is 23.7 Å². The number of nitrogens with zero attached hydrogens (tertiary/aromatic N) is 2. The van der Waals surface area contributed by atoms with Crippen LogP contribution in [0.1, 0.15) is 36.5 Å². The number of hydrogen-bond acceptors (Lipinski definition) is 4. The van der Waals surface area contributed by atoms with Crippen molar-refractivity contribution < 1.29 is 22.4 Å². The van der Waals surface area contributed by atoms with Gasteiger partial charge in [0.15, 0.2) is 0 Å². The molecule has 0 fully saturated rings. The largest absolute Gasteiger partial charge is 0.354 e. The van der Waals surface area contributed by atoms with Gasteiger partial charge >= 0.3 is 0 Å². The van der Waals surface area contributed by atoms with Crippen LogP contribution in [0, 0.1) is 12.7 Å². The van der Waals surface area contributed by atoms with Gasteiger partial charge in [-0.25, -0.2) is 12.8 Å². The summed E-state index contributed by atoms with van der Waals surface area (Å²) in [6.45, 7) is 3.89. The van der Waals surface area contributed by atoms with Crippen LogP contribution in [-0.2, 0) is 32.6 Å². The Morgan fingerprint density at radius 1 is 1.00 bits per heavy atom. The number of nitrogens with one attached hydrogen (secondary N) is 1. The Morgan fingerprint density at radius 2 is 1.70 bits per heavy atom.